The lowest BCUT2D eigenvalue weighted by atomic mass is 10.2. The Labute approximate surface area is 147 Å². The molecule has 0 bridgehead atoms. The van der Waals surface area contributed by atoms with Gasteiger partial charge in [-0.3, -0.25) is 0 Å². The molecule has 0 unspecified atom stereocenters. The van der Waals surface area contributed by atoms with Crippen LogP contribution in [0.5, 0.6) is 5.88 Å². The average molecular weight is 354 g/mol. The van der Waals surface area contributed by atoms with Gasteiger partial charge in [0.25, 0.3) is 0 Å². The van der Waals surface area contributed by atoms with Crippen LogP contribution in [0.3, 0.4) is 0 Å². The molecule has 0 N–H and O–H groups in total. The van der Waals surface area contributed by atoms with Gasteiger partial charge in [0.1, 0.15) is 11.4 Å². The Balaban J connectivity index is 2.09. The van der Waals surface area contributed by atoms with Crippen LogP contribution in [0.1, 0.15) is 27.7 Å². The summed E-state index contributed by atoms with van der Waals surface area (Å²) in [6.45, 7) is 9.63. The van der Waals surface area contributed by atoms with Crippen LogP contribution in [0.4, 0.5) is 10.6 Å². The lowest BCUT2D eigenvalue weighted by Gasteiger charge is -2.40. The van der Waals surface area contributed by atoms with Crippen LogP contribution >= 0.6 is 11.8 Å². The van der Waals surface area contributed by atoms with E-state index < -0.39 is 5.60 Å². The predicted molar refractivity (Wildman–Crippen MR) is 95.0 cm³/mol. The molecule has 0 radical (unpaired) electrons. The summed E-state index contributed by atoms with van der Waals surface area (Å²) in [5, 5.41) is 0.673. The zero-order valence-electron chi connectivity index (χ0n) is 15.2. The van der Waals surface area contributed by atoms with Gasteiger partial charge in [-0.15, -0.1) is 0 Å². The van der Waals surface area contributed by atoms with Crippen molar-refractivity contribution in [2.45, 2.75) is 44.5 Å². The number of ether oxygens (including phenoxy) is 2. The number of carbonyl (C=O) groups is 1. The van der Waals surface area contributed by atoms with E-state index in [0.717, 1.165) is 5.82 Å². The van der Waals surface area contributed by atoms with Gasteiger partial charge in [-0.1, -0.05) is 11.8 Å². The fraction of sp³-hybridized carbons (Fsp3) is 0.688. The minimum atomic E-state index is -0.485. The van der Waals surface area contributed by atoms with Gasteiger partial charge < -0.3 is 19.3 Å². The topological polar surface area (TPSA) is 67.8 Å². The highest BCUT2D eigenvalue weighted by molar-refractivity contribution is 7.98. The Morgan fingerprint density at radius 3 is 2.58 bits per heavy atom. The maximum Gasteiger partial charge on any atom is 0.410 e. The number of carbonyl (C=O) groups excluding carboxylic acids is 1. The summed E-state index contributed by atoms with van der Waals surface area (Å²) in [6.07, 6.45) is 1.67. The fourth-order valence-corrected chi connectivity index (χ4v) is 2.87. The first-order valence-electron chi connectivity index (χ1n) is 7.95. The Kier molecular flexibility index (Phi) is 5.79. The highest BCUT2D eigenvalue weighted by Crippen LogP contribution is 2.24. The molecule has 0 aliphatic carbocycles. The van der Waals surface area contributed by atoms with Gasteiger partial charge in [0.2, 0.25) is 5.88 Å². The molecule has 1 aliphatic heterocycles. The first-order chi connectivity index (χ1) is 11.2. The third-order valence-electron chi connectivity index (χ3n) is 3.64. The van der Waals surface area contributed by atoms with Crippen molar-refractivity contribution in [1.82, 2.24) is 14.9 Å². The minimum absolute atomic E-state index is 0.0345. The summed E-state index contributed by atoms with van der Waals surface area (Å²) in [7, 11) is 1.60. The van der Waals surface area contributed by atoms with E-state index in [1.807, 2.05) is 40.0 Å². The van der Waals surface area contributed by atoms with Crippen LogP contribution in [0, 0.1) is 0 Å². The third-order valence-corrected chi connectivity index (χ3v) is 4.19. The molecule has 1 aromatic rings. The monoisotopic (exact) mass is 354 g/mol. The summed E-state index contributed by atoms with van der Waals surface area (Å²) in [5.74, 6) is 1.37. The lowest BCUT2D eigenvalue weighted by Crippen LogP contribution is -2.55. The molecule has 2 rings (SSSR count). The summed E-state index contributed by atoms with van der Waals surface area (Å²) < 4.78 is 10.7. The van der Waals surface area contributed by atoms with Crippen molar-refractivity contribution in [3.8, 4) is 5.88 Å². The number of thioether (sulfide) groups is 1. The molecule has 1 atom stereocenters. The van der Waals surface area contributed by atoms with Gasteiger partial charge in [-0.2, -0.15) is 4.98 Å². The molecule has 1 saturated heterocycles. The second-order valence-electron chi connectivity index (χ2n) is 6.72. The second-order valence-corrected chi connectivity index (χ2v) is 7.50. The molecule has 0 spiro atoms. The summed E-state index contributed by atoms with van der Waals surface area (Å²) in [6, 6.07) is 1.86. The second kappa shape index (κ2) is 7.46. The normalized spacial score (nSPS) is 18.5. The molecular formula is C16H26N4O3S. The molecule has 8 heteroatoms. The van der Waals surface area contributed by atoms with E-state index in [1.165, 1.54) is 11.8 Å². The Morgan fingerprint density at radius 2 is 2.04 bits per heavy atom. The number of piperazine rings is 1. The van der Waals surface area contributed by atoms with Gasteiger partial charge in [-0.25, -0.2) is 9.78 Å². The quantitative estimate of drug-likeness (QED) is 0.610. The molecule has 134 valence electrons. The van der Waals surface area contributed by atoms with Gasteiger partial charge in [0, 0.05) is 31.7 Å². The number of nitrogens with zero attached hydrogens (tertiary/aromatic N) is 4. The van der Waals surface area contributed by atoms with Crippen LogP contribution in [0.15, 0.2) is 11.2 Å². The van der Waals surface area contributed by atoms with Crippen LogP contribution in [-0.2, 0) is 4.74 Å². The van der Waals surface area contributed by atoms with Crippen molar-refractivity contribution in [3.63, 3.8) is 0 Å². The van der Waals surface area contributed by atoms with Crippen LogP contribution in [0.2, 0.25) is 0 Å². The number of hydrogen-bond donors (Lipinski definition) is 0. The highest BCUT2D eigenvalue weighted by atomic mass is 32.2. The van der Waals surface area contributed by atoms with E-state index in [1.54, 1.807) is 12.0 Å². The van der Waals surface area contributed by atoms with Crippen LogP contribution in [-0.4, -0.2) is 65.6 Å². The van der Waals surface area contributed by atoms with Crippen molar-refractivity contribution in [2.75, 3.05) is 37.9 Å². The number of rotatable bonds is 3. The number of aromatic nitrogens is 2. The fourth-order valence-electron chi connectivity index (χ4n) is 2.51. The number of hydrogen-bond acceptors (Lipinski definition) is 7. The standard InChI is InChI=1S/C16H26N4O3S/c1-11-10-19(7-8-20(11)15(21)23-16(2,3)4)12-9-13(22-5)18-14(17-12)24-6/h9,11H,7-8,10H2,1-6H3/t11-/m0/s1. The summed E-state index contributed by atoms with van der Waals surface area (Å²) >= 11 is 1.48. The molecule has 7 nitrogen and oxygen atoms in total. The van der Waals surface area contributed by atoms with Crippen molar-refractivity contribution in [2.24, 2.45) is 0 Å². The lowest BCUT2D eigenvalue weighted by molar-refractivity contribution is 0.0158. The molecule has 1 fully saturated rings. The maximum absolute atomic E-state index is 12.3. The predicted octanol–water partition coefficient (Wildman–Crippen LogP) is 2.65. The van der Waals surface area contributed by atoms with E-state index in [4.69, 9.17) is 9.47 Å². The highest BCUT2D eigenvalue weighted by Gasteiger charge is 2.31. The molecule has 1 amide bonds. The van der Waals surface area contributed by atoms with Crippen LogP contribution < -0.4 is 9.64 Å². The zero-order valence-corrected chi connectivity index (χ0v) is 16.0. The molecular weight excluding hydrogens is 328 g/mol. The number of amides is 1. The Bertz CT molecular complexity index is 569. The summed E-state index contributed by atoms with van der Waals surface area (Å²) in [5.41, 5.74) is -0.485. The Morgan fingerprint density at radius 1 is 1.33 bits per heavy atom. The molecule has 1 aliphatic rings. The molecule has 1 aromatic heterocycles. The smallest absolute Gasteiger partial charge is 0.410 e. The molecule has 2 heterocycles. The van der Waals surface area contributed by atoms with Crippen molar-refractivity contribution < 1.29 is 14.3 Å². The first-order valence-corrected chi connectivity index (χ1v) is 9.17. The first kappa shape index (κ1) is 18.6. The third kappa shape index (κ3) is 4.66. The van der Waals surface area contributed by atoms with Gasteiger partial charge >= 0.3 is 6.09 Å². The van der Waals surface area contributed by atoms with E-state index in [0.29, 0.717) is 30.7 Å². The molecule has 24 heavy (non-hydrogen) atoms. The maximum atomic E-state index is 12.3. The van der Waals surface area contributed by atoms with Gasteiger partial charge in [0.15, 0.2) is 5.16 Å². The molecule has 0 saturated carbocycles. The van der Waals surface area contributed by atoms with E-state index in [-0.39, 0.29) is 12.1 Å². The van der Waals surface area contributed by atoms with Gasteiger partial charge in [0.05, 0.1) is 7.11 Å². The van der Waals surface area contributed by atoms with Crippen LogP contribution in [0.25, 0.3) is 0 Å². The zero-order chi connectivity index (χ0) is 17.9. The Hall–Kier alpha value is -1.70. The van der Waals surface area contributed by atoms with E-state index >= 15 is 0 Å². The average Bonchev–Trinajstić information content (AvgIpc) is 2.52. The summed E-state index contributed by atoms with van der Waals surface area (Å²) in [4.78, 5) is 25.1. The van der Waals surface area contributed by atoms with Crippen molar-refractivity contribution >= 4 is 23.7 Å². The van der Waals surface area contributed by atoms with Gasteiger partial charge in [-0.05, 0) is 34.0 Å². The molecule has 0 aromatic carbocycles. The van der Waals surface area contributed by atoms with Crippen molar-refractivity contribution in [1.29, 1.82) is 0 Å². The SMILES string of the molecule is COc1cc(N2CCN(C(=O)OC(C)(C)C)[C@@H](C)C2)nc(SC)n1. The number of methoxy groups -OCH3 is 1. The van der Waals surface area contributed by atoms with E-state index in [9.17, 15) is 4.79 Å². The van der Waals surface area contributed by atoms with E-state index in [2.05, 4.69) is 14.9 Å². The number of anilines is 1. The largest absolute Gasteiger partial charge is 0.481 e. The van der Waals surface area contributed by atoms with Crippen molar-refractivity contribution in [3.05, 3.63) is 6.07 Å². The minimum Gasteiger partial charge on any atom is -0.481 e.